The Labute approximate surface area is 120 Å². The van der Waals surface area contributed by atoms with Crippen molar-refractivity contribution >= 4 is 27.7 Å². The highest BCUT2D eigenvalue weighted by Gasteiger charge is 2.21. The fraction of sp³-hybridized carbons (Fsp3) is 0.538. The topological polar surface area (TPSA) is 62.7 Å². The van der Waals surface area contributed by atoms with Crippen LogP contribution in [0.2, 0.25) is 0 Å². The monoisotopic (exact) mass is 328 g/mol. The number of carboxylic acids is 1. The van der Waals surface area contributed by atoms with E-state index >= 15 is 0 Å². The van der Waals surface area contributed by atoms with E-state index in [-0.39, 0.29) is 5.56 Å². The van der Waals surface area contributed by atoms with Crippen molar-refractivity contribution in [2.45, 2.75) is 25.7 Å². The van der Waals surface area contributed by atoms with Crippen LogP contribution in [0.1, 0.15) is 36.0 Å². The van der Waals surface area contributed by atoms with Crippen LogP contribution < -0.4 is 9.64 Å². The molecule has 0 unspecified atom stereocenters. The number of anilines is 1. The number of aromatic nitrogens is 1. The van der Waals surface area contributed by atoms with Crippen molar-refractivity contribution in [1.82, 2.24) is 4.98 Å². The molecule has 6 heteroatoms. The van der Waals surface area contributed by atoms with E-state index in [0.29, 0.717) is 16.2 Å². The van der Waals surface area contributed by atoms with Gasteiger partial charge in [-0.15, -0.1) is 0 Å². The zero-order valence-corrected chi connectivity index (χ0v) is 12.4. The summed E-state index contributed by atoms with van der Waals surface area (Å²) in [7, 11) is 1.53. The average molecular weight is 329 g/mol. The van der Waals surface area contributed by atoms with Crippen LogP contribution in [0.3, 0.4) is 0 Å². The average Bonchev–Trinajstić information content (AvgIpc) is 2.67. The molecule has 0 bridgehead atoms. The standard InChI is InChI=1S/C13H17BrN2O3/c1-19-12-10(14)8-9(13(17)18)11(15-12)16-6-4-2-3-5-7-16/h8H,2-7H2,1H3,(H,17,18). The van der Waals surface area contributed by atoms with Gasteiger partial charge in [0.1, 0.15) is 11.4 Å². The Morgan fingerprint density at radius 1 is 1.37 bits per heavy atom. The van der Waals surface area contributed by atoms with Crippen LogP contribution in [0.5, 0.6) is 5.88 Å². The molecule has 1 saturated heterocycles. The largest absolute Gasteiger partial charge is 0.480 e. The van der Waals surface area contributed by atoms with Crippen molar-refractivity contribution < 1.29 is 14.6 Å². The minimum absolute atomic E-state index is 0.217. The maximum absolute atomic E-state index is 11.4. The molecular formula is C13H17BrN2O3. The summed E-state index contributed by atoms with van der Waals surface area (Å²) in [6, 6.07) is 1.56. The van der Waals surface area contributed by atoms with Gasteiger partial charge in [0.25, 0.3) is 0 Å². The normalized spacial score (nSPS) is 16.0. The molecule has 5 nitrogen and oxygen atoms in total. The summed E-state index contributed by atoms with van der Waals surface area (Å²) in [5.74, 6) is -0.0335. The second-order valence-corrected chi connectivity index (χ2v) is 5.41. The summed E-state index contributed by atoms with van der Waals surface area (Å²) in [5.41, 5.74) is 0.217. The minimum atomic E-state index is -0.963. The third-order valence-electron chi connectivity index (χ3n) is 3.25. The molecule has 0 spiro atoms. The van der Waals surface area contributed by atoms with Crippen molar-refractivity contribution in [3.05, 3.63) is 16.1 Å². The van der Waals surface area contributed by atoms with Crippen molar-refractivity contribution in [1.29, 1.82) is 0 Å². The third-order valence-corrected chi connectivity index (χ3v) is 3.82. The molecule has 0 amide bonds. The molecular weight excluding hydrogens is 312 g/mol. The van der Waals surface area contributed by atoms with E-state index in [2.05, 4.69) is 20.9 Å². The zero-order chi connectivity index (χ0) is 13.8. The van der Waals surface area contributed by atoms with Crippen molar-refractivity contribution in [2.75, 3.05) is 25.1 Å². The van der Waals surface area contributed by atoms with Gasteiger partial charge in [-0.05, 0) is 34.8 Å². The maximum Gasteiger partial charge on any atom is 0.339 e. The lowest BCUT2D eigenvalue weighted by atomic mass is 10.2. The van der Waals surface area contributed by atoms with Gasteiger partial charge in [0.05, 0.1) is 11.6 Å². The first-order valence-electron chi connectivity index (χ1n) is 6.36. The van der Waals surface area contributed by atoms with E-state index in [4.69, 9.17) is 4.74 Å². The molecule has 1 N–H and O–H groups in total. The highest BCUT2D eigenvalue weighted by Crippen LogP contribution is 2.30. The lowest BCUT2D eigenvalue weighted by Crippen LogP contribution is -2.27. The highest BCUT2D eigenvalue weighted by molar-refractivity contribution is 9.10. The van der Waals surface area contributed by atoms with Gasteiger partial charge in [-0.1, -0.05) is 12.8 Å². The molecule has 0 aliphatic carbocycles. The van der Waals surface area contributed by atoms with Crippen molar-refractivity contribution in [3.63, 3.8) is 0 Å². The Balaban J connectivity index is 2.42. The number of pyridine rings is 1. The number of halogens is 1. The first-order chi connectivity index (χ1) is 9.13. The summed E-state index contributed by atoms with van der Waals surface area (Å²) in [6.07, 6.45) is 4.51. The lowest BCUT2D eigenvalue weighted by Gasteiger charge is -2.23. The number of ether oxygens (including phenoxy) is 1. The predicted molar refractivity (Wildman–Crippen MR) is 76.1 cm³/mol. The van der Waals surface area contributed by atoms with Gasteiger partial charge in [0, 0.05) is 13.1 Å². The van der Waals surface area contributed by atoms with Gasteiger partial charge in [0.2, 0.25) is 5.88 Å². The minimum Gasteiger partial charge on any atom is -0.480 e. The Kier molecular flexibility index (Phi) is 4.63. The second-order valence-electron chi connectivity index (χ2n) is 4.56. The van der Waals surface area contributed by atoms with Crippen LogP contribution in [0.15, 0.2) is 10.5 Å². The number of carboxylic acid groups (broad SMARTS) is 1. The molecule has 1 fully saturated rings. The number of aromatic carboxylic acids is 1. The SMILES string of the molecule is COc1nc(N2CCCCCC2)c(C(=O)O)cc1Br. The van der Waals surface area contributed by atoms with Crippen molar-refractivity contribution in [3.8, 4) is 5.88 Å². The lowest BCUT2D eigenvalue weighted by molar-refractivity contribution is 0.0697. The first-order valence-corrected chi connectivity index (χ1v) is 7.15. The van der Waals surface area contributed by atoms with E-state index < -0.39 is 5.97 Å². The second kappa shape index (κ2) is 6.23. The van der Waals surface area contributed by atoms with Gasteiger partial charge >= 0.3 is 5.97 Å². The van der Waals surface area contributed by atoms with Gasteiger partial charge in [-0.2, -0.15) is 4.98 Å². The van der Waals surface area contributed by atoms with Crippen LogP contribution in [-0.4, -0.2) is 36.3 Å². The molecule has 1 aromatic rings. The van der Waals surface area contributed by atoms with Crippen LogP contribution in [0, 0.1) is 0 Å². The molecule has 0 radical (unpaired) electrons. The first kappa shape index (κ1) is 14.1. The van der Waals surface area contributed by atoms with E-state index in [0.717, 1.165) is 25.9 Å². The van der Waals surface area contributed by atoms with E-state index in [1.54, 1.807) is 6.07 Å². The molecule has 1 aromatic heterocycles. The Bertz CT molecular complexity index is 471. The number of nitrogens with zero attached hydrogens (tertiary/aromatic N) is 2. The smallest absolute Gasteiger partial charge is 0.339 e. The van der Waals surface area contributed by atoms with Crippen molar-refractivity contribution in [2.24, 2.45) is 0 Å². The highest BCUT2D eigenvalue weighted by atomic mass is 79.9. The van der Waals surface area contributed by atoms with Gasteiger partial charge in [-0.25, -0.2) is 4.79 Å². The molecule has 1 aliphatic rings. The third kappa shape index (κ3) is 3.18. The molecule has 0 aromatic carbocycles. The summed E-state index contributed by atoms with van der Waals surface area (Å²) >= 11 is 3.28. The summed E-state index contributed by atoms with van der Waals surface area (Å²) in [6.45, 7) is 1.69. The Morgan fingerprint density at radius 3 is 2.53 bits per heavy atom. The number of methoxy groups -OCH3 is 1. The number of hydrogen-bond acceptors (Lipinski definition) is 4. The number of hydrogen-bond donors (Lipinski definition) is 1. The fourth-order valence-electron chi connectivity index (χ4n) is 2.29. The van der Waals surface area contributed by atoms with E-state index in [1.165, 1.54) is 20.0 Å². The van der Waals surface area contributed by atoms with Crippen LogP contribution in [0.4, 0.5) is 5.82 Å². The summed E-state index contributed by atoms with van der Waals surface area (Å²) < 4.78 is 5.73. The van der Waals surface area contributed by atoms with E-state index in [1.807, 2.05) is 4.90 Å². The fourth-order valence-corrected chi connectivity index (χ4v) is 2.77. The van der Waals surface area contributed by atoms with Gasteiger partial charge < -0.3 is 14.7 Å². The maximum atomic E-state index is 11.4. The van der Waals surface area contributed by atoms with Gasteiger partial charge in [0.15, 0.2) is 0 Å². The molecule has 1 aliphatic heterocycles. The molecule has 2 rings (SSSR count). The van der Waals surface area contributed by atoms with Crippen LogP contribution in [0.25, 0.3) is 0 Å². The van der Waals surface area contributed by atoms with Crippen LogP contribution in [-0.2, 0) is 0 Å². The molecule has 0 saturated carbocycles. The number of carbonyl (C=O) groups is 1. The molecule has 2 heterocycles. The molecule has 0 atom stereocenters. The quantitative estimate of drug-likeness (QED) is 0.924. The predicted octanol–water partition coefficient (Wildman–Crippen LogP) is 2.93. The number of rotatable bonds is 3. The molecule has 104 valence electrons. The van der Waals surface area contributed by atoms with Crippen LogP contribution >= 0.6 is 15.9 Å². The summed E-state index contributed by atoms with van der Waals surface area (Å²) in [4.78, 5) is 17.8. The zero-order valence-electron chi connectivity index (χ0n) is 10.9. The van der Waals surface area contributed by atoms with E-state index in [9.17, 15) is 9.90 Å². The Hall–Kier alpha value is -1.30. The Morgan fingerprint density at radius 2 is 2.00 bits per heavy atom. The molecule has 19 heavy (non-hydrogen) atoms. The summed E-state index contributed by atoms with van der Waals surface area (Å²) in [5, 5.41) is 9.33. The van der Waals surface area contributed by atoms with Gasteiger partial charge in [-0.3, -0.25) is 0 Å².